The molecule has 1 aromatic carbocycles. The topological polar surface area (TPSA) is 121 Å². The van der Waals surface area contributed by atoms with Crippen molar-refractivity contribution in [3.63, 3.8) is 0 Å². The number of hydrogen-bond donors (Lipinski definition) is 4. The minimum absolute atomic E-state index is 0.278. The van der Waals surface area contributed by atoms with Gasteiger partial charge in [0.15, 0.2) is 0 Å². The fraction of sp³-hybridized carbons (Fsp3) is 0.143. The number of nitrogens with two attached hydrogens (primary N) is 1. The molecule has 0 aliphatic heterocycles. The Bertz CT molecular complexity index is 367. The second-order valence-corrected chi connectivity index (χ2v) is 3.18. The summed E-state index contributed by atoms with van der Waals surface area (Å²) in [7, 11) is -4.67. The van der Waals surface area contributed by atoms with Crippen LogP contribution in [0.15, 0.2) is 24.3 Å². The second kappa shape index (κ2) is 5.55. The number of benzene rings is 1. The summed E-state index contributed by atoms with van der Waals surface area (Å²) in [5, 5.41) is 9.03. The Morgan fingerprint density at radius 3 is 1.93 bits per heavy atom. The lowest BCUT2D eigenvalue weighted by molar-refractivity contribution is 0.381. The number of rotatable bonds is 1. The van der Waals surface area contributed by atoms with Gasteiger partial charge in [-0.1, -0.05) is 18.2 Å². The van der Waals surface area contributed by atoms with Gasteiger partial charge in [-0.05, 0) is 6.07 Å². The van der Waals surface area contributed by atoms with Crippen LogP contribution in [0.3, 0.4) is 0 Å². The molecular weight excluding hydrogens is 210 g/mol. The van der Waals surface area contributed by atoms with E-state index in [9.17, 15) is 0 Å². The fourth-order valence-electron chi connectivity index (χ4n) is 0.683. The van der Waals surface area contributed by atoms with Gasteiger partial charge in [0.25, 0.3) is 0 Å². The molecule has 0 atom stereocenters. The third-order valence-corrected chi connectivity index (χ3v) is 1.21. The zero-order valence-corrected chi connectivity index (χ0v) is 7.98. The van der Waals surface area contributed by atoms with Gasteiger partial charge < -0.3 is 10.8 Å². The zero-order valence-electron chi connectivity index (χ0n) is 7.16. The molecule has 0 saturated heterocycles. The Labute approximate surface area is 81.6 Å². The highest BCUT2D eigenvalue weighted by Gasteiger charge is 1.92. The molecule has 0 aliphatic carbocycles. The SMILES string of the molecule is NCc1ccccc1O.O=S(=O)(O)O. The van der Waals surface area contributed by atoms with Gasteiger partial charge in [0.05, 0.1) is 0 Å². The summed E-state index contributed by atoms with van der Waals surface area (Å²) < 4.78 is 31.6. The molecule has 0 heterocycles. The summed E-state index contributed by atoms with van der Waals surface area (Å²) in [5.41, 5.74) is 6.08. The van der Waals surface area contributed by atoms with Crippen LogP contribution in [0.5, 0.6) is 5.75 Å². The van der Waals surface area contributed by atoms with Gasteiger partial charge in [0, 0.05) is 12.1 Å². The van der Waals surface area contributed by atoms with Gasteiger partial charge in [-0.15, -0.1) is 0 Å². The molecule has 1 rings (SSSR count). The number of phenols is 1. The van der Waals surface area contributed by atoms with Crippen LogP contribution in [0, 0.1) is 0 Å². The highest BCUT2D eigenvalue weighted by molar-refractivity contribution is 7.79. The summed E-state index contributed by atoms with van der Waals surface area (Å²) in [5.74, 6) is 0.278. The van der Waals surface area contributed by atoms with Crippen molar-refractivity contribution in [2.24, 2.45) is 5.73 Å². The van der Waals surface area contributed by atoms with Crippen LogP contribution in [0.25, 0.3) is 0 Å². The summed E-state index contributed by atoms with van der Waals surface area (Å²) >= 11 is 0. The van der Waals surface area contributed by atoms with Crippen molar-refractivity contribution in [1.82, 2.24) is 0 Å². The van der Waals surface area contributed by atoms with E-state index in [2.05, 4.69) is 0 Å². The third kappa shape index (κ3) is 7.50. The lowest BCUT2D eigenvalue weighted by Crippen LogP contribution is -1.95. The van der Waals surface area contributed by atoms with Crippen molar-refractivity contribution < 1.29 is 22.6 Å². The first kappa shape index (κ1) is 12.8. The minimum Gasteiger partial charge on any atom is -0.508 e. The van der Waals surface area contributed by atoms with Crippen molar-refractivity contribution in [3.05, 3.63) is 29.8 Å². The first-order valence-electron chi connectivity index (χ1n) is 3.51. The number of aromatic hydroxyl groups is 1. The summed E-state index contributed by atoms with van der Waals surface area (Å²) in [4.78, 5) is 0. The highest BCUT2D eigenvalue weighted by atomic mass is 32.3. The van der Waals surface area contributed by atoms with Gasteiger partial charge >= 0.3 is 10.4 Å². The van der Waals surface area contributed by atoms with Crippen LogP contribution >= 0.6 is 0 Å². The molecule has 14 heavy (non-hydrogen) atoms. The van der Waals surface area contributed by atoms with Crippen molar-refractivity contribution in [2.45, 2.75) is 6.54 Å². The van der Waals surface area contributed by atoms with E-state index in [1.54, 1.807) is 18.2 Å². The third-order valence-electron chi connectivity index (χ3n) is 1.21. The van der Waals surface area contributed by atoms with Crippen LogP contribution in [0.2, 0.25) is 0 Å². The quantitative estimate of drug-likeness (QED) is 0.502. The second-order valence-electron chi connectivity index (χ2n) is 2.28. The summed E-state index contributed by atoms with van der Waals surface area (Å²) in [6, 6.07) is 7.05. The molecule has 0 unspecified atom stereocenters. The average molecular weight is 221 g/mol. The van der Waals surface area contributed by atoms with Crippen LogP contribution in [-0.4, -0.2) is 22.6 Å². The molecule has 0 spiro atoms. The van der Waals surface area contributed by atoms with E-state index >= 15 is 0 Å². The molecule has 0 aromatic heterocycles. The van der Waals surface area contributed by atoms with Crippen molar-refractivity contribution in [1.29, 1.82) is 0 Å². The smallest absolute Gasteiger partial charge is 0.394 e. The number of phenolic OH excluding ortho intramolecular Hbond substituents is 1. The lowest BCUT2D eigenvalue weighted by atomic mass is 10.2. The van der Waals surface area contributed by atoms with Crippen LogP contribution < -0.4 is 5.73 Å². The van der Waals surface area contributed by atoms with Gasteiger partial charge in [0.1, 0.15) is 5.75 Å². The van der Waals surface area contributed by atoms with Gasteiger partial charge in [-0.3, -0.25) is 9.11 Å². The van der Waals surface area contributed by atoms with Gasteiger partial charge in [0.2, 0.25) is 0 Å². The molecule has 6 nitrogen and oxygen atoms in total. The lowest BCUT2D eigenvalue weighted by Gasteiger charge is -1.97. The van der Waals surface area contributed by atoms with E-state index in [1.807, 2.05) is 6.07 Å². The summed E-state index contributed by atoms with van der Waals surface area (Å²) in [6.07, 6.45) is 0. The van der Waals surface area contributed by atoms with Crippen LogP contribution in [0.4, 0.5) is 0 Å². The van der Waals surface area contributed by atoms with Crippen molar-refractivity contribution in [2.75, 3.05) is 0 Å². The number of para-hydroxylation sites is 1. The molecule has 80 valence electrons. The number of hydrogen-bond acceptors (Lipinski definition) is 4. The fourth-order valence-corrected chi connectivity index (χ4v) is 0.683. The van der Waals surface area contributed by atoms with Crippen LogP contribution in [0.1, 0.15) is 5.56 Å². The Kier molecular flexibility index (Phi) is 5.10. The molecule has 5 N–H and O–H groups in total. The molecule has 0 saturated carbocycles. The first-order chi connectivity index (χ1) is 6.34. The van der Waals surface area contributed by atoms with E-state index in [0.717, 1.165) is 5.56 Å². The van der Waals surface area contributed by atoms with Crippen molar-refractivity contribution in [3.8, 4) is 5.75 Å². The molecule has 0 fully saturated rings. The molecule has 1 aromatic rings. The Morgan fingerprint density at radius 1 is 1.21 bits per heavy atom. The molecule has 0 amide bonds. The Morgan fingerprint density at radius 2 is 1.64 bits per heavy atom. The van der Waals surface area contributed by atoms with Gasteiger partial charge in [-0.25, -0.2) is 0 Å². The first-order valence-corrected chi connectivity index (χ1v) is 4.91. The molecular formula is C7H11NO5S. The Hall–Kier alpha value is -1.15. The zero-order chi connectivity index (χ0) is 11.2. The average Bonchev–Trinajstić information content (AvgIpc) is 2.02. The maximum Gasteiger partial charge on any atom is 0.394 e. The summed E-state index contributed by atoms with van der Waals surface area (Å²) in [6.45, 7) is 0.396. The molecule has 0 aliphatic rings. The van der Waals surface area contributed by atoms with E-state index in [1.165, 1.54) is 0 Å². The van der Waals surface area contributed by atoms with E-state index in [4.69, 9.17) is 28.4 Å². The van der Waals surface area contributed by atoms with E-state index in [0.29, 0.717) is 6.54 Å². The normalized spacial score (nSPS) is 10.2. The predicted octanol–water partition coefficient (Wildman–Crippen LogP) is 0.198. The maximum atomic E-state index is 9.03. The largest absolute Gasteiger partial charge is 0.508 e. The minimum atomic E-state index is -4.67. The Balaban J connectivity index is 0.000000292. The van der Waals surface area contributed by atoms with E-state index < -0.39 is 10.4 Å². The molecule has 7 heteroatoms. The predicted molar refractivity (Wildman–Crippen MR) is 50.2 cm³/mol. The van der Waals surface area contributed by atoms with E-state index in [-0.39, 0.29) is 5.75 Å². The highest BCUT2D eigenvalue weighted by Crippen LogP contribution is 2.13. The van der Waals surface area contributed by atoms with Crippen LogP contribution in [-0.2, 0) is 16.9 Å². The monoisotopic (exact) mass is 221 g/mol. The standard InChI is InChI=1S/C7H9NO.H2O4S/c8-5-6-3-1-2-4-7(6)9;1-5(2,3)4/h1-4,9H,5,8H2;(H2,1,2,3,4). The molecule has 0 radical (unpaired) electrons. The molecule has 0 bridgehead atoms. The van der Waals surface area contributed by atoms with Crippen molar-refractivity contribution >= 4 is 10.4 Å². The maximum absolute atomic E-state index is 9.03. The van der Waals surface area contributed by atoms with Gasteiger partial charge in [-0.2, -0.15) is 8.42 Å².